The number of benzene rings is 1. The van der Waals surface area contributed by atoms with Crippen molar-refractivity contribution < 1.29 is 13.6 Å². The molecule has 0 saturated carbocycles. The Morgan fingerprint density at radius 2 is 2.26 bits per heavy atom. The van der Waals surface area contributed by atoms with E-state index in [0.717, 1.165) is 0 Å². The van der Waals surface area contributed by atoms with Crippen LogP contribution in [0.5, 0.6) is 0 Å². The van der Waals surface area contributed by atoms with Crippen molar-refractivity contribution in [3.63, 3.8) is 0 Å². The molecule has 19 heavy (non-hydrogen) atoms. The van der Waals surface area contributed by atoms with Crippen molar-refractivity contribution in [3.8, 4) is 6.07 Å². The van der Waals surface area contributed by atoms with Crippen LogP contribution in [0.1, 0.15) is 12.0 Å². The zero-order chi connectivity index (χ0) is 14.3. The highest BCUT2D eigenvalue weighted by Crippen LogP contribution is 2.10. The molecular weight excluding hydrogens is 252 g/mol. The summed E-state index contributed by atoms with van der Waals surface area (Å²) in [5, 5.41) is 11.3. The first kappa shape index (κ1) is 15.1. The van der Waals surface area contributed by atoms with Crippen molar-refractivity contribution in [2.45, 2.75) is 12.8 Å². The van der Waals surface area contributed by atoms with Gasteiger partial charge in [-0.3, -0.25) is 4.79 Å². The van der Waals surface area contributed by atoms with E-state index in [1.54, 1.807) is 24.3 Å². The molecule has 4 nitrogen and oxygen atoms in total. The average molecular weight is 267 g/mol. The van der Waals surface area contributed by atoms with Crippen LogP contribution in [0.4, 0.5) is 14.5 Å². The van der Waals surface area contributed by atoms with Gasteiger partial charge in [-0.1, -0.05) is 6.07 Å². The lowest BCUT2D eigenvalue weighted by atomic mass is 10.2. The number of amides is 1. The van der Waals surface area contributed by atoms with Gasteiger partial charge in [-0.05, 0) is 25.2 Å². The molecule has 0 saturated heterocycles. The fourth-order valence-corrected chi connectivity index (χ4v) is 1.51. The highest BCUT2D eigenvalue weighted by Gasteiger charge is 2.09. The third-order valence-electron chi connectivity index (χ3n) is 2.45. The fraction of sp³-hybridized carbons (Fsp3) is 0.385. The Balaban J connectivity index is 2.41. The number of carbonyl (C=O) groups is 1. The SMILES string of the molecule is CN(CCC(=O)Nc1cccc(C#N)c1)CC(F)F. The smallest absolute Gasteiger partial charge is 0.251 e. The Hall–Kier alpha value is -2.00. The van der Waals surface area contributed by atoms with E-state index >= 15 is 0 Å². The van der Waals surface area contributed by atoms with E-state index in [4.69, 9.17) is 5.26 Å². The zero-order valence-corrected chi connectivity index (χ0v) is 10.6. The molecule has 0 unspecified atom stereocenters. The zero-order valence-electron chi connectivity index (χ0n) is 10.6. The molecule has 0 aliphatic heterocycles. The van der Waals surface area contributed by atoms with Crippen LogP contribution >= 0.6 is 0 Å². The number of halogens is 2. The molecule has 0 bridgehead atoms. The molecule has 1 aromatic carbocycles. The van der Waals surface area contributed by atoms with E-state index in [-0.39, 0.29) is 25.4 Å². The molecule has 0 atom stereocenters. The van der Waals surface area contributed by atoms with Crippen molar-refractivity contribution >= 4 is 11.6 Å². The molecule has 0 aromatic heterocycles. The number of carbonyl (C=O) groups excluding carboxylic acids is 1. The van der Waals surface area contributed by atoms with Gasteiger partial charge in [0.05, 0.1) is 18.2 Å². The third-order valence-corrected chi connectivity index (χ3v) is 2.45. The normalized spacial score (nSPS) is 10.5. The molecule has 0 fully saturated rings. The van der Waals surface area contributed by atoms with Gasteiger partial charge in [0.2, 0.25) is 5.91 Å². The number of hydrogen-bond donors (Lipinski definition) is 1. The lowest BCUT2D eigenvalue weighted by Gasteiger charge is -2.15. The predicted molar refractivity (Wildman–Crippen MR) is 67.9 cm³/mol. The van der Waals surface area contributed by atoms with Gasteiger partial charge < -0.3 is 10.2 Å². The number of alkyl halides is 2. The Kier molecular flexibility index (Phi) is 5.90. The van der Waals surface area contributed by atoms with Gasteiger partial charge in [-0.25, -0.2) is 8.78 Å². The maximum atomic E-state index is 12.1. The van der Waals surface area contributed by atoms with Crippen molar-refractivity contribution in [1.29, 1.82) is 5.26 Å². The van der Waals surface area contributed by atoms with Crippen LogP contribution in [0.2, 0.25) is 0 Å². The second-order valence-electron chi connectivity index (χ2n) is 4.14. The van der Waals surface area contributed by atoms with E-state index in [9.17, 15) is 13.6 Å². The summed E-state index contributed by atoms with van der Waals surface area (Å²) in [5.41, 5.74) is 0.980. The predicted octanol–water partition coefficient (Wildman–Crippen LogP) is 2.08. The Bertz CT molecular complexity index is 471. The van der Waals surface area contributed by atoms with Gasteiger partial charge in [-0.2, -0.15) is 5.26 Å². The van der Waals surface area contributed by atoms with Crippen molar-refractivity contribution in [3.05, 3.63) is 29.8 Å². The molecule has 1 N–H and O–H groups in total. The molecule has 1 aromatic rings. The van der Waals surface area contributed by atoms with Gasteiger partial charge >= 0.3 is 0 Å². The van der Waals surface area contributed by atoms with Gasteiger partial charge in [0, 0.05) is 18.7 Å². The van der Waals surface area contributed by atoms with Crippen molar-refractivity contribution in [1.82, 2.24) is 4.90 Å². The monoisotopic (exact) mass is 267 g/mol. The van der Waals surface area contributed by atoms with Crippen LogP contribution in [-0.2, 0) is 4.79 Å². The Morgan fingerprint density at radius 3 is 2.89 bits per heavy atom. The number of rotatable bonds is 6. The first-order valence-electron chi connectivity index (χ1n) is 5.78. The molecule has 0 aliphatic rings. The van der Waals surface area contributed by atoms with Crippen LogP contribution in [-0.4, -0.2) is 37.4 Å². The lowest BCUT2D eigenvalue weighted by Crippen LogP contribution is -2.28. The summed E-state index contributed by atoms with van der Waals surface area (Å²) in [6, 6.07) is 8.49. The van der Waals surface area contributed by atoms with E-state index < -0.39 is 6.43 Å². The lowest BCUT2D eigenvalue weighted by molar-refractivity contribution is -0.116. The van der Waals surface area contributed by atoms with Gasteiger partial charge in [0.25, 0.3) is 6.43 Å². The highest BCUT2D eigenvalue weighted by molar-refractivity contribution is 5.90. The summed E-state index contributed by atoms with van der Waals surface area (Å²) >= 11 is 0. The minimum absolute atomic E-state index is 0.125. The highest BCUT2D eigenvalue weighted by atomic mass is 19.3. The molecule has 0 spiro atoms. The summed E-state index contributed by atoms with van der Waals surface area (Å²) in [5.74, 6) is -0.267. The third kappa shape index (κ3) is 5.93. The number of nitriles is 1. The number of nitrogens with zero attached hydrogens (tertiary/aromatic N) is 2. The molecular formula is C13H15F2N3O. The number of hydrogen-bond acceptors (Lipinski definition) is 3. The standard InChI is InChI=1S/C13H15F2N3O/c1-18(9-12(14)15)6-5-13(19)17-11-4-2-3-10(7-11)8-16/h2-4,7,12H,5-6,9H2,1H3,(H,17,19). The van der Waals surface area contributed by atoms with Gasteiger partial charge in [0.1, 0.15) is 0 Å². The molecule has 1 rings (SSSR count). The largest absolute Gasteiger partial charge is 0.326 e. The van der Waals surface area contributed by atoms with Crippen molar-refractivity contribution in [2.24, 2.45) is 0 Å². The van der Waals surface area contributed by atoms with Crippen LogP contribution in [0.15, 0.2) is 24.3 Å². The quantitative estimate of drug-likeness (QED) is 0.858. The maximum Gasteiger partial charge on any atom is 0.251 e. The summed E-state index contributed by atoms with van der Waals surface area (Å²) in [7, 11) is 1.54. The van der Waals surface area contributed by atoms with Gasteiger partial charge in [0.15, 0.2) is 0 Å². The summed E-state index contributed by atoms with van der Waals surface area (Å²) in [4.78, 5) is 13.0. The van der Waals surface area contributed by atoms with E-state index in [2.05, 4.69) is 5.32 Å². The number of nitrogens with one attached hydrogen (secondary N) is 1. The first-order chi connectivity index (χ1) is 9.01. The maximum absolute atomic E-state index is 12.1. The molecule has 0 aliphatic carbocycles. The molecule has 1 amide bonds. The van der Waals surface area contributed by atoms with E-state index in [1.165, 1.54) is 11.9 Å². The molecule has 0 heterocycles. The molecule has 0 radical (unpaired) electrons. The van der Waals surface area contributed by atoms with Gasteiger partial charge in [-0.15, -0.1) is 0 Å². The fourth-order valence-electron chi connectivity index (χ4n) is 1.51. The summed E-state index contributed by atoms with van der Waals surface area (Å²) in [6.45, 7) is -0.0920. The summed E-state index contributed by atoms with van der Waals surface area (Å²) in [6.07, 6.45) is -2.28. The Labute approximate surface area is 110 Å². The van der Waals surface area contributed by atoms with Crippen LogP contribution in [0.25, 0.3) is 0 Å². The second-order valence-corrected chi connectivity index (χ2v) is 4.14. The number of anilines is 1. The second kappa shape index (κ2) is 7.44. The Morgan fingerprint density at radius 1 is 1.53 bits per heavy atom. The van der Waals surface area contributed by atoms with E-state index in [1.807, 2.05) is 6.07 Å². The molecule has 102 valence electrons. The average Bonchev–Trinajstić information content (AvgIpc) is 2.36. The van der Waals surface area contributed by atoms with Crippen LogP contribution < -0.4 is 5.32 Å². The topological polar surface area (TPSA) is 56.1 Å². The molecule has 6 heteroatoms. The summed E-state index contributed by atoms with van der Waals surface area (Å²) < 4.78 is 24.1. The van der Waals surface area contributed by atoms with Crippen molar-refractivity contribution in [2.75, 3.05) is 25.5 Å². The first-order valence-corrected chi connectivity index (χ1v) is 5.78. The van der Waals surface area contributed by atoms with Crippen LogP contribution in [0.3, 0.4) is 0 Å². The van der Waals surface area contributed by atoms with E-state index in [0.29, 0.717) is 11.3 Å². The van der Waals surface area contributed by atoms with Crippen LogP contribution in [0, 0.1) is 11.3 Å². The minimum Gasteiger partial charge on any atom is -0.326 e. The minimum atomic E-state index is -2.40.